The van der Waals surface area contributed by atoms with Gasteiger partial charge in [-0.3, -0.25) is 9.48 Å². The van der Waals surface area contributed by atoms with Crippen molar-refractivity contribution in [2.45, 2.75) is 37.9 Å². The summed E-state index contributed by atoms with van der Waals surface area (Å²) in [5.41, 5.74) is -0.846. The number of hydrogen-bond acceptors (Lipinski definition) is 5. The van der Waals surface area contributed by atoms with Crippen LogP contribution >= 0.6 is 0 Å². The van der Waals surface area contributed by atoms with Crippen LogP contribution in [-0.4, -0.2) is 31.9 Å². The molecule has 1 saturated carbocycles. The van der Waals surface area contributed by atoms with Gasteiger partial charge in [0.2, 0.25) is 0 Å². The molecule has 1 amide bonds. The first kappa shape index (κ1) is 20.0. The van der Waals surface area contributed by atoms with Gasteiger partial charge in [0, 0.05) is 17.5 Å². The number of pyridine rings is 2. The fourth-order valence-electron chi connectivity index (χ4n) is 3.60. The topological polar surface area (TPSA) is 89.8 Å². The van der Waals surface area contributed by atoms with Crippen molar-refractivity contribution in [2.24, 2.45) is 5.92 Å². The van der Waals surface area contributed by atoms with Gasteiger partial charge >= 0.3 is 6.18 Å². The molecular formula is C20H18F3N5O2. The molecule has 0 aromatic carbocycles. The predicted molar refractivity (Wildman–Crippen MR) is 102 cm³/mol. The number of halogens is 3. The maximum Gasteiger partial charge on any atom is 0.433 e. The molecule has 156 valence electrons. The van der Waals surface area contributed by atoms with Crippen molar-refractivity contribution in [3.8, 4) is 0 Å². The lowest BCUT2D eigenvalue weighted by molar-refractivity contribution is -0.141. The number of amides is 1. The molecule has 0 aliphatic heterocycles. The maximum atomic E-state index is 12.8. The van der Waals surface area contributed by atoms with E-state index >= 15 is 0 Å². The molecule has 0 spiro atoms. The average Bonchev–Trinajstić information content (AvgIpc) is 3.16. The third-order valence-corrected chi connectivity index (χ3v) is 5.23. The first-order valence-electron chi connectivity index (χ1n) is 9.49. The monoisotopic (exact) mass is 417 g/mol. The molecule has 0 atom stereocenters. The number of carbonyl (C=O) groups is 2. The molecule has 10 heteroatoms. The molecule has 3 heterocycles. The lowest BCUT2D eigenvalue weighted by atomic mass is 9.87. The standard InChI is InChI=1S/C20H18F3N5O2/c21-20(22,23)17-3-1-2-15(25-17)19(30)26-18-8-13-10-28(27-16(13)9-24-18)14-6-4-12(11-29)5-7-14/h1-3,8-12,14H,4-7H2,(H,26,30)/t12-,14-. The Labute approximate surface area is 169 Å². The van der Waals surface area contributed by atoms with Crippen molar-refractivity contribution < 1.29 is 22.8 Å². The summed E-state index contributed by atoms with van der Waals surface area (Å²) in [4.78, 5) is 30.7. The van der Waals surface area contributed by atoms with E-state index in [-0.39, 0.29) is 23.5 Å². The molecule has 0 bridgehead atoms. The van der Waals surface area contributed by atoms with Crippen molar-refractivity contribution in [2.75, 3.05) is 5.32 Å². The molecule has 7 nitrogen and oxygen atoms in total. The van der Waals surface area contributed by atoms with Crippen molar-refractivity contribution in [3.05, 3.63) is 48.0 Å². The molecule has 4 rings (SSSR count). The normalized spacial score (nSPS) is 19.6. The Bertz CT molecular complexity index is 1090. The number of anilines is 1. The van der Waals surface area contributed by atoms with E-state index in [9.17, 15) is 22.8 Å². The third kappa shape index (κ3) is 4.17. The number of nitrogens with zero attached hydrogens (tertiary/aromatic N) is 4. The number of nitrogens with one attached hydrogen (secondary N) is 1. The third-order valence-electron chi connectivity index (χ3n) is 5.23. The molecule has 1 fully saturated rings. The summed E-state index contributed by atoms with van der Waals surface area (Å²) >= 11 is 0. The SMILES string of the molecule is O=C[C@H]1CC[C@H](n2cc3cc(NC(=O)c4cccc(C(F)(F)F)n4)ncc3n2)CC1. The number of hydrogen-bond donors (Lipinski definition) is 1. The smallest absolute Gasteiger partial charge is 0.305 e. The van der Waals surface area contributed by atoms with E-state index < -0.39 is 17.8 Å². The van der Waals surface area contributed by atoms with Crippen LogP contribution in [0.2, 0.25) is 0 Å². The average molecular weight is 417 g/mol. The molecule has 0 unspecified atom stereocenters. The highest BCUT2D eigenvalue weighted by atomic mass is 19.4. The summed E-state index contributed by atoms with van der Waals surface area (Å²) in [7, 11) is 0. The second kappa shape index (κ2) is 7.85. The molecule has 30 heavy (non-hydrogen) atoms. The number of fused-ring (bicyclic) bond motifs is 1. The van der Waals surface area contributed by atoms with Crippen LogP contribution in [0.3, 0.4) is 0 Å². The fourth-order valence-corrected chi connectivity index (χ4v) is 3.60. The summed E-state index contributed by atoms with van der Waals surface area (Å²) in [6, 6.07) is 4.95. The van der Waals surface area contributed by atoms with Gasteiger partial charge in [0.05, 0.1) is 12.2 Å². The molecule has 1 aliphatic carbocycles. The van der Waals surface area contributed by atoms with Crippen molar-refractivity contribution >= 4 is 28.9 Å². The minimum absolute atomic E-state index is 0.110. The number of rotatable bonds is 4. The first-order chi connectivity index (χ1) is 14.3. The minimum Gasteiger partial charge on any atom is -0.305 e. The Morgan fingerprint density at radius 3 is 2.67 bits per heavy atom. The molecule has 0 saturated heterocycles. The van der Waals surface area contributed by atoms with E-state index in [1.54, 1.807) is 6.07 Å². The van der Waals surface area contributed by atoms with Gasteiger partial charge < -0.3 is 10.1 Å². The molecule has 3 aromatic heterocycles. The van der Waals surface area contributed by atoms with E-state index in [0.29, 0.717) is 5.52 Å². The van der Waals surface area contributed by atoms with Crippen molar-refractivity contribution in [1.29, 1.82) is 0 Å². The van der Waals surface area contributed by atoms with Crippen LogP contribution in [0, 0.1) is 5.92 Å². The highest BCUT2D eigenvalue weighted by Crippen LogP contribution is 2.32. The minimum atomic E-state index is -4.63. The second-order valence-electron chi connectivity index (χ2n) is 7.30. The zero-order chi connectivity index (χ0) is 21.3. The largest absolute Gasteiger partial charge is 0.433 e. The predicted octanol–water partition coefficient (Wildman–Crippen LogP) is 4.03. The lowest BCUT2D eigenvalue weighted by Crippen LogP contribution is -2.19. The van der Waals surface area contributed by atoms with Crippen LogP contribution in [0.5, 0.6) is 0 Å². The van der Waals surface area contributed by atoms with Crippen LogP contribution in [0.15, 0.2) is 36.7 Å². The van der Waals surface area contributed by atoms with Gasteiger partial charge in [-0.05, 0) is 43.9 Å². The molecular weight excluding hydrogens is 399 g/mol. The van der Waals surface area contributed by atoms with Gasteiger partial charge in [-0.15, -0.1) is 0 Å². The number of aromatic nitrogens is 4. The Morgan fingerprint density at radius 1 is 1.20 bits per heavy atom. The van der Waals surface area contributed by atoms with Crippen LogP contribution in [0.25, 0.3) is 10.9 Å². The van der Waals surface area contributed by atoms with E-state index in [4.69, 9.17) is 0 Å². The number of aldehydes is 1. The van der Waals surface area contributed by atoms with E-state index in [2.05, 4.69) is 20.4 Å². The molecule has 3 aromatic rings. The van der Waals surface area contributed by atoms with Gasteiger partial charge in [0.15, 0.2) is 0 Å². The van der Waals surface area contributed by atoms with E-state index in [1.165, 1.54) is 12.3 Å². The van der Waals surface area contributed by atoms with Gasteiger partial charge in [-0.2, -0.15) is 18.3 Å². The Kier molecular flexibility index (Phi) is 5.23. The fraction of sp³-hybridized carbons (Fsp3) is 0.350. The summed E-state index contributed by atoms with van der Waals surface area (Å²) in [6.07, 6.45) is 3.09. The molecule has 0 radical (unpaired) electrons. The van der Waals surface area contributed by atoms with Gasteiger partial charge in [-0.1, -0.05) is 6.07 Å². The van der Waals surface area contributed by atoms with Crippen LogP contribution < -0.4 is 5.32 Å². The van der Waals surface area contributed by atoms with E-state index in [0.717, 1.165) is 49.5 Å². The molecule has 1 N–H and O–H groups in total. The zero-order valence-electron chi connectivity index (χ0n) is 15.8. The van der Waals surface area contributed by atoms with Crippen molar-refractivity contribution in [1.82, 2.24) is 19.7 Å². The lowest BCUT2D eigenvalue weighted by Gasteiger charge is -2.25. The van der Waals surface area contributed by atoms with E-state index in [1.807, 2.05) is 10.9 Å². The number of alkyl halides is 3. The highest BCUT2D eigenvalue weighted by Gasteiger charge is 2.33. The van der Waals surface area contributed by atoms with Gasteiger partial charge in [0.25, 0.3) is 5.91 Å². The van der Waals surface area contributed by atoms with Crippen LogP contribution in [0.1, 0.15) is 47.9 Å². The summed E-state index contributed by atoms with van der Waals surface area (Å²) in [6.45, 7) is 0. The van der Waals surface area contributed by atoms with Gasteiger partial charge in [0.1, 0.15) is 29.0 Å². The van der Waals surface area contributed by atoms with Crippen molar-refractivity contribution in [3.63, 3.8) is 0 Å². The van der Waals surface area contributed by atoms with Crippen LogP contribution in [-0.2, 0) is 11.0 Å². The Balaban J connectivity index is 1.50. The Morgan fingerprint density at radius 2 is 1.97 bits per heavy atom. The second-order valence-corrected chi connectivity index (χ2v) is 7.30. The zero-order valence-corrected chi connectivity index (χ0v) is 15.8. The molecule has 1 aliphatic rings. The summed E-state index contributed by atoms with van der Waals surface area (Å²) < 4.78 is 40.2. The maximum absolute atomic E-state index is 12.8. The summed E-state index contributed by atoms with van der Waals surface area (Å²) in [5.74, 6) is -0.484. The van der Waals surface area contributed by atoms with Crippen LogP contribution in [0.4, 0.5) is 19.0 Å². The quantitative estimate of drug-likeness (QED) is 0.648. The first-order valence-corrected chi connectivity index (χ1v) is 9.49. The number of carbonyl (C=O) groups excluding carboxylic acids is 2. The highest BCUT2D eigenvalue weighted by molar-refractivity contribution is 6.03. The Hall–Kier alpha value is -3.30. The summed E-state index contributed by atoms with van der Waals surface area (Å²) in [5, 5.41) is 7.74. The van der Waals surface area contributed by atoms with Gasteiger partial charge in [-0.25, -0.2) is 9.97 Å².